The standard InChI is InChI=1S/C22H22ClNO5S/c1-27-10-6-9-24-21(25)19(30-22(24)26)13-16-11-17(23)20(18(12-16)28-2)29-14-15-7-4-3-5-8-15/h3-5,7-8,11-13H,6,9-10,14H2,1-2H3/b19-13+. The van der Waals surface area contributed by atoms with Crippen LogP contribution >= 0.6 is 23.4 Å². The molecule has 2 aromatic carbocycles. The van der Waals surface area contributed by atoms with Crippen LogP contribution in [0.5, 0.6) is 11.5 Å². The fourth-order valence-electron chi connectivity index (χ4n) is 2.90. The zero-order valence-electron chi connectivity index (χ0n) is 16.7. The molecule has 0 saturated carbocycles. The normalized spacial score (nSPS) is 15.2. The van der Waals surface area contributed by atoms with Gasteiger partial charge in [-0.25, -0.2) is 0 Å². The summed E-state index contributed by atoms with van der Waals surface area (Å²) in [5.74, 6) is 0.553. The largest absolute Gasteiger partial charge is 0.493 e. The van der Waals surface area contributed by atoms with Crippen LogP contribution in [0, 0.1) is 0 Å². The van der Waals surface area contributed by atoms with Crippen LogP contribution < -0.4 is 9.47 Å². The van der Waals surface area contributed by atoms with E-state index in [2.05, 4.69) is 0 Å². The van der Waals surface area contributed by atoms with Gasteiger partial charge in [-0.3, -0.25) is 14.5 Å². The van der Waals surface area contributed by atoms with Crippen LogP contribution in [0.2, 0.25) is 5.02 Å². The minimum absolute atomic E-state index is 0.289. The number of thioether (sulfide) groups is 1. The van der Waals surface area contributed by atoms with Crippen molar-refractivity contribution in [3.8, 4) is 11.5 Å². The molecular weight excluding hydrogens is 426 g/mol. The number of halogens is 1. The zero-order valence-corrected chi connectivity index (χ0v) is 18.3. The van der Waals surface area contributed by atoms with Crippen molar-refractivity contribution < 1.29 is 23.8 Å². The van der Waals surface area contributed by atoms with Crippen LogP contribution in [0.4, 0.5) is 4.79 Å². The number of ether oxygens (including phenoxy) is 3. The number of carbonyl (C=O) groups is 2. The molecule has 0 bridgehead atoms. The van der Waals surface area contributed by atoms with Gasteiger partial charge in [-0.2, -0.15) is 0 Å². The lowest BCUT2D eigenvalue weighted by Crippen LogP contribution is -2.29. The van der Waals surface area contributed by atoms with Crippen molar-refractivity contribution in [2.75, 3.05) is 27.4 Å². The van der Waals surface area contributed by atoms with Crippen molar-refractivity contribution in [2.45, 2.75) is 13.0 Å². The molecule has 0 aromatic heterocycles. The molecule has 158 valence electrons. The zero-order chi connectivity index (χ0) is 21.5. The molecule has 0 unspecified atom stereocenters. The van der Waals surface area contributed by atoms with Crippen molar-refractivity contribution in [3.63, 3.8) is 0 Å². The minimum atomic E-state index is -0.319. The third kappa shape index (κ3) is 5.36. The van der Waals surface area contributed by atoms with Crippen molar-refractivity contribution in [1.82, 2.24) is 4.90 Å². The first-order valence-corrected chi connectivity index (χ1v) is 10.5. The molecule has 0 aliphatic carbocycles. The van der Waals surface area contributed by atoms with Crippen LogP contribution in [-0.4, -0.2) is 43.4 Å². The summed E-state index contributed by atoms with van der Waals surface area (Å²) in [5, 5.41) is 0.0686. The number of amides is 2. The second-order valence-electron chi connectivity index (χ2n) is 6.49. The third-order valence-corrected chi connectivity index (χ3v) is 5.57. The Morgan fingerprint density at radius 2 is 1.90 bits per heavy atom. The van der Waals surface area contributed by atoms with E-state index in [9.17, 15) is 9.59 Å². The topological polar surface area (TPSA) is 65.1 Å². The van der Waals surface area contributed by atoms with Crippen LogP contribution in [0.15, 0.2) is 47.4 Å². The van der Waals surface area contributed by atoms with E-state index >= 15 is 0 Å². The molecule has 0 spiro atoms. The third-order valence-electron chi connectivity index (χ3n) is 4.38. The van der Waals surface area contributed by atoms with Crippen molar-refractivity contribution in [1.29, 1.82) is 0 Å². The van der Waals surface area contributed by atoms with Gasteiger partial charge in [0.05, 0.1) is 17.0 Å². The molecule has 0 atom stereocenters. The number of nitrogens with zero attached hydrogens (tertiary/aromatic N) is 1. The van der Waals surface area contributed by atoms with Gasteiger partial charge < -0.3 is 14.2 Å². The van der Waals surface area contributed by atoms with Gasteiger partial charge in [0.1, 0.15) is 6.61 Å². The van der Waals surface area contributed by atoms with Gasteiger partial charge in [-0.05, 0) is 47.5 Å². The molecule has 1 fully saturated rings. The van der Waals surface area contributed by atoms with E-state index in [-0.39, 0.29) is 11.1 Å². The average molecular weight is 448 g/mol. The summed E-state index contributed by atoms with van der Waals surface area (Å²) < 4.78 is 16.3. The van der Waals surface area contributed by atoms with E-state index in [1.54, 1.807) is 25.3 Å². The fourth-order valence-corrected chi connectivity index (χ4v) is 4.04. The molecule has 1 aliphatic rings. The molecule has 2 aromatic rings. The molecule has 0 N–H and O–H groups in total. The van der Waals surface area contributed by atoms with Gasteiger partial charge in [0, 0.05) is 20.3 Å². The van der Waals surface area contributed by atoms with Gasteiger partial charge in [-0.1, -0.05) is 41.9 Å². The lowest BCUT2D eigenvalue weighted by Gasteiger charge is -2.14. The Hall–Kier alpha value is -2.48. The van der Waals surface area contributed by atoms with E-state index in [0.29, 0.717) is 53.2 Å². The van der Waals surface area contributed by atoms with Crippen LogP contribution in [-0.2, 0) is 16.1 Å². The van der Waals surface area contributed by atoms with Gasteiger partial charge in [0.25, 0.3) is 11.1 Å². The highest BCUT2D eigenvalue weighted by Crippen LogP contribution is 2.39. The van der Waals surface area contributed by atoms with Crippen molar-refractivity contribution in [3.05, 3.63) is 63.5 Å². The minimum Gasteiger partial charge on any atom is -0.493 e. The Balaban J connectivity index is 1.77. The first kappa shape index (κ1) is 22.2. The molecule has 6 nitrogen and oxygen atoms in total. The maximum atomic E-state index is 12.6. The van der Waals surface area contributed by atoms with Crippen LogP contribution in [0.25, 0.3) is 6.08 Å². The first-order valence-electron chi connectivity index (χ1n) is 9.32. The molecule has 8 heteroatoms. The highest BCUT2D eigenvalue weighted by Gasteiger charge is 2.34. The summed E-state index contributed by atoms with van der Waals surface area (Å²) in [4.78, 5) is 26.3. The Morgan fingerprint density at radius 3 is 2.60 bits per heavy atom. The Bertz CT molecular complexity index is 948. The lowest BCUT2D eigenvalue weighted by molar-refractivity contribution is -0.122. The van der Waals surface area contributed by atoms with Crippen LogP contribution in [0.3, 0.4) is 0 Å². The summed E-state index contributed by atoms with van der Waals surface area (Å²) in [5.41, 5.74) is 1.65. The maximum Gasteiger partial charge on any atom is 0.293 e. The average Bonchev–Trinajstić information content (AvgIpc) is 3.00. The smallest absolute Gasteiger partial charge is 0.293 e. The molecule has 1 saturated heterocycles. The molecule has 3 rings (SSSR count). The lowest BCUT2D eigenvalue weighted by atomic mass is 10.1. The number of hydrogen-bond donors (Lipinski definition) is 0. The Labute approximate surface area is 184 Å². The fraction of sp³-hybridized carbons (Fsp3) is 0.273. The number of carbonyl (C=O) groups excluding carboxylic acids is 2. The van der Waals surface area contributed by atoms with Crippen molar-refractivity contribution in [2.24, 2.45) is 0 Å². The van der Waals surface area contributed by atoms with Gasteiger partial charge in [-0.15, -0.1) is 0 Å². The molecule has 0 radical (unpaired) electrons. The molecule has 30 heavy (non-hydrogen) atoms. The van der Waals surface area contributed by atoms with E-state index in [1.807, 2.05) is 30.3 Å². The van der Waals surface area contributed by atoms with E-state index in [1.165, 1.54) is 12.0 Å². The summed E-state index contributed by atoms with van der Waals surface area (Å²) in [6.45, 7) is 1.15. The summed E-state index contributed by atoms with van der Waals surface area (Å²) in [6, 6.07) is 13.1. The summed E-state index contributed by atoms with van der Waals surface area (Å²) >= 11 is 7.33. The van der Waals surface area contributed by atoms with Crippen LogP contribution in [0.1, 0.15) is 17.5 Å². The summed E-state index contributed by atoms with van der Waals surface area (Å²) in [7, 11) is 3.10. The number of imide groups is 1. The predicted octanol–water partition coefficient (Wildman–Crippen LogP) is 5.00. The monoisotopic (exact) mass is 447 g/mol. The number of benzene rings is 2. The molecule has 1 heterocycles. The highest BCUT2D eigenvalue weighted by molar-refractivity contribution is 8.18. The van der Waals surface area contributed by atoms with Gasteiger partial charge in [0.15, 0.2) is 11.5 Å². The Morgan fingerprint density at radius 1 is 1.13 bits per heavy atom. The predicted molar refractivity (Wildman–Crippen MR) is 118 cm³/mol. The molecule has 1 aliphatic heterocycles. The number of methoxy groups -OCH3 is 2. The quantitative estimate of drug-likeness (QED) is 0.398. The SMILES string of the molecule is COCCCN1C(=O)S/C(=C/c2cc(Cl)c(OCc3ccccc3)c(OC)c2)C1=O. The first-order chi connectivity index (χ1) is 14.5. The van der Waals surface area contributed by atoms with E-state index < -0.39 is 0 Å². The Kier molecular flexibility index (Phi) is 7.79. The van der Waals surface area contributed by atoms with E-state index in [4.69, 9.17) is 25.8 Å². The molecular formula is C22H22ClNO5S. The number of rotatable bonds is 9. The second kappa shape index (κ2) is 10.5. The summed E-state index contributed by atoms with van der Waals surface area (Å²) in [6.07, 6.45) is 2.23. The maximum absolute atomic E-state index is 12.6. The highest BCUT2D eigenvalue weighted by atomic mass is 35.5. The van der Waals surface area contributed by atoms with Gasteiger partial charge in [0.2, 0.25) is 0 Å². The van der Waals surface area contributed by atoms with Crippen molar-refractivity contribution >= 4 is 40.6 Å². The van der Waals surface area contributed by atoms with E-state index in [0.717, 1.165) is 17.3 Å². The second-order valence-corrected chi connectivity index (χ2v) is 7.89. The number of hydrogen-bond acceptors (Lipinski definition) is 6. The van der Waals surface area contributed by atoms with Gasteiger partial charge >= 0.3 is 0 Å². The molecule has 2 amide bonds.